The van der Waals surface area contributed by atoms with Crippen molar-refractivity contribution in [3.8, 4) is 11.3 Å². The molecular formula is C29H33FN6O2. The topological polar surface area (TPSA) is 83.2 Å². The summed E-state index contributed by atoms with van der Waals surface area (Å²) in [5, 5.41) is 4.71. The van der Waals surface area contributed by atoms with Gasteiger partial charge < -0.3 is 9.80 Å². The van der Waals surface area contributed by atoms with Crippen LogP contribution in [0.25, 0.3) is 16.9 Å². The summed E-state index contributed by atoms with van der Waals surface area (Å²) in [6, 6.07) is 8.16. The van der Waals surface area contributed by atoms with Crippen LogP contribution in [0.3, 0.4) is 0 Å². The third-order valence-corrected chi connectivity index (χ3v) is 7.27. The van der Waals surface area contributed by atoms with Gasteiger partial charge in [0.1, 0.15) is 11.5 Å². The van der Waals surface area contributed by atoms with Gasteiger partial charge in [0.05, 0.1) is 29.5 Å². The Morgan fingerprint density at radius 2 is 1.76 bits per heavy atom. The van der Waals surface area contributed by atoms with Crippen molar-refractivity contribution in [2.75, 3.05) is 26.2 Å². The Hall–Kier alpha value is -3.88. The summed E-state index contributed by atoms with van der Waals surface area (Å²) in [6.45, 7) is 13.8. The maximum Gasteiger partial charge on any atom is 0.274 e. The van der Waals surface area contributed by atoms with Gasteiger partial charge in [0.2, 0.25) is 0 Å². The van der Waals surface area contributed by atoms with E-state index in [-0.39, 0.29) is 23.0 Å². The van der Waals surface area contributed by atoms with Crippen LogP contribution in [0.1, 0.15) is 57.6 Å². The molecule has 0 spiro atoms. The highest BCUT2D eigenvalue weighted by molar-refractivity contribution is 6.21. The minimum absolute atomic E-state index is 0.0380. The van der Waals surface area contributed by atoms with E-state index in [0.717, 1.165) is 16.8 Å². The Bertz CT molecular complexity index is 1490. The minimum Gasteiger partial charge on any atom is -0.334 e. The van der Waals surface area contributed by atoms with Crippen LogP contribution in [-0.2, 0) is 10.2 Å². The fourth-order valence-corrected chi connectivity index (χ4v) is 5.16. The first-order chi connectivity index (χ1) is 17.8. The molecule has 0 radical (unpaired) electrons. The first-order valence-corrected chi connectivity index (χ1v) is 12.8. The second-order valence-corrected chi connectivity index (χ2v) is 11.6. The number of amides is 2. The van der Waals surface area contributed by atoms with Crippen molar-refractivity contribution in [1.29, 1.82) is 0 Å². The Morgan fingerprint density at radius 1 is 1.05 bits per heavy atom. The number of halogens is 1. The highest BCUT2D eigenvalue weighted by atomic mass is 19.1. The molecule has 1 aromatic carbocycles. The lowest BCUT2D eigenvalue weighted by Crippen LogP contribution is -2.62. The molecule has 38 heavy (non-hydrogen) atoms. The zero-order valence-corrected chi connectivity index (χ0v) is 22.7. The number of carbonyl (C=O) groups excluding carboxylic acids is 2. The van der Waals surface area contributed by atoms with E-state index in [1.807, 2.05) is 32.9 Å². The second-order valence-electron chi connectivity index (χ2n) is 11.6. The third-order valence-electron chi connectivity index (χ3n) is 7.27. The number of hydrogen-bond acceptors (Lipinski definition) is 5. The predicted octanol–water partition coefficient (Wildman–Crippen LogP) is 4.30. The van der Waals surface area contributed by atoms with E-state index >= 15 is 0 Å². The quantitative estimate of drug-likeness (QED) is 0.520. The van der Waals surface area contributed by atoms with E-state index in [2.05, 4.69) is 25.8 Å². The summed E-state index contributed by atoms with van der Waals surface area (Å²) in [7, 11) is 0. The average Bonchev–Trinajstić information content (AvgIpc) is 3.48. The number of rotatable bonds is 3. The van der Waals surface area contributed by atoms with Crippen molar-refractivity contribution < 1.29 is 14.0 Å². The number of nitrogens with zero attached hydrogens (tertiary/aromatic N) is 6. The molecule has 1 fully saturated rings. The molecule has 0 atom stereocenters. The maximum absolute atomic E-state index is 13.8. The van der Waals surface area contributed by atoms with Crippen LogP contribution in [0.15, 0.2) is 53.2 Å². The lowest BCUT2D eigenvalue weighted by atomic mass is 9.87. The van der Waals surface area contributed by atoms with Crippen molar-refractivity contribution in [2.24, 2.45) is 4.99 Å². The van der Waals surface area contributed by atoms with Crippen LogP contribution in [0.2, 0.25) is 0 Å². The van der Waals surface area contributed by atoms with Crippen molar-refractivity contribution >= 4 is 23.2 Å². The molecule has 9 heteroatoms. The fourth-order valence-electron chi connectivity index (χ4n) is 5.16. The minimum atomic E-state index is -0.593. The normalized spacial score (nSPS) is 17.6. The molecule has 0 unspecified atom stereocenters. The molecule has 0 bridgehead atoms. The van der Waals surface area contributed by atoms with Gasteiger partial charge in [-0.05, 0) is 62.6 Å². The number of hydrogen-bond donors (Lipinski definition) is 0. The van der Waals surface area contributed by atoms with Crippen LogP contribution < -0.4 is 0 Å². The number of fused-ring (bicyclic) bond motifs is 1. The summed E-state index contributed by atoms with van der Waals surface area (Å²) in [4.78, 5) is 39.5. The van der Waals surface area contributed by atoms with Gasteiger partial charge in [-0.25, -0.2) is 13.9 Å². The van der Waals surface area contributed by atoms with Gasteiger partial charge in [-0.1, -0.05) is 20.8 Å². The Morgan fingerprint density at radius 3 is 2.37 bits per heavy atom. The molecule has 2 aliphatic rings. The van der Waals surface area contributed by atoms with E-state index in [0.29, 0.717) is 48.8 Å². The molecule has 2 amide bonds. The Kier molecular flexibility index (Phi) is 6.20. The van der Waals surface area contributed by atoms with Crippen LogP contribution in [-0.4, -0.2) is 73.6 Å². The summed E-state index contributed by atoms with van der Waals surface area (Å²) in [5.74, 6) is -0.549. The van der Waals surface area contributed by atoms with E-state index < -0.39 is 5.54 Å². The summed E-state index contributed by atoms with van der Waals surface area (Å²) < 4.78 is 15.2. The molecule has 8 nitrogen and oxygen atoms in total. The molecule has 5 rings (SSSR count). The SMILES string of the molecule is CC1=NCC=C1C(=O)N1CCN(C(=O)c2cn3nc(-c4ccc(F)cc4)cc(C(C)(C)C)c3n2)C(C)(C)C1. The molecule has 2 aliphatic heterocycles. The number of aliphatic imine (C=N–C) groups is 1. The first kappa shape index (κ1) is 25.8. The van der Waals surface area contributed by atoms with Gasteiger partial charge in [0.15, 0.2) is 5.65 Å². The van der Waals surface area contributed by atoms with Crippen molar-refractivity contribution in [3.63, 3.8) is 0 Å². The van der Waals surface area contributed by atoms with E-state index in [4.69, 9.17) is 10.1 Å². The average molecular weight is 517 g/mol. The number of benzene rings is 1. The van der Waals surface area contributed by atoms with Gasteiger partial charge in [-0.15, -0.1) is 0 Å². The molecule has 0 aliphatic carbocycles. The molecule has 4 heterocycles. The highest BCUT2D eigenvalue weighted by Crippen LogP contribution is 2.31. The number of aromatic nitrogens is 3. The van der Waals surface area contributed by atoms with Gasteiger partial charge in [0, 0.05) is 36.5 Å². The maximum atomic E-state index is 13.8. The lowest BCUT2D eigenvalue weighted by Gasteiger charge is -2.47. The number of carbonyl (C=O) groups is 2. The fraction of sp³-hybridized carbons (Fsp3) is 0.414. The Labute approximate surface area is 221 Å². The summed E-state index contributed by atoms with van der Waals surface area (Å²) in [5.41, 5.74) is 3.84. The summed E-state index contributed by atoms with van der Waals surface area (Å²) in [6.07, 6.45) is 3.52. The van der Waals surface area contributed by atoms with E-state index in [1.54, 1.807) is 32.6 Å². The highest BCUT2D eigenvalue weighted by Gasteiger charge is 2.40. The van der Waals surface area contributed by atoms with Gasteiger partial charge in [-0.3, -0.25) is 14.6 Å². The van der Waals surface area contributed by atoms with Crippen LogP contribution >= 0.6 is 0 Å². The molecular weight excluding hydrogens is 483 g/mol. The summed E-state index contributed by atoms with van der Waals surface area (Å²) >= 11 is 0. The second kappa shape index (κ2) is 9.15. The zero-order chi connectivity index (χ0) is 27.4. The van der Waals surface area contributed by atoms with Crippen LogP contribution in [0.5, 0.6) is 0 Å². The van der Waals surface area contributed by atoms with Crippen LogP contribution in [0.4, 0.5) is 4.39 Å². The molecule has 198 valence electrons. The van der Waals surface area contributed by atoms with Gasteiger partial charge >= 0.3 is 0 Å². The van der Waals surface area contributed by atoms with Crippen molar-refractivity contribution in [2.45, 2.75) is 52.5 Å². The smallest absolute Gasteiger partial charge is 0.274 e. The number of piperazine rings is 1. The van der Waals surface area contributed by atoms with Crippen molar-refractivity contribution in [3.05, 3.63) is 65.3 Å². The molecule has 1 saturated heterocycles. The standard InChI is InChI=1S/C29H33FN6O2/c1-18-21(11-12-31-18)26(37)34-13-14-35(29(5,6)17-34)27(38)24-16-36-25(32-24)22(28(2,3)4)15-23(33-36)19-7-9-20(30)10-8-19/h7-11,15-16H,12-14,17H2,1-6H3. The van der Waals surface area contributed by atoms with Crippen LogP contribution in [0, 0.1) is 5.82 Å². The molecule has 2 aromatic heterocycles. The van der Waals surface area contributed by atoms with Gasteiger partial charge in [0.25, 0.3) is 11.8 Å². The third kappa shape index (κ3) is 4.61. The van der Waals surface area contributed by atoms with E-state index in [1.165, 1.54) is 12.1 Å². The lowest BCUT2D eigenvalue weighted by molar-refractivity contribution is -0.130. The zero-order valence-electron chi connectivity index (χ0n) is 22.7. The predicted molar refractivity (Wildman–Crippen MR) is 145 cm³/mol. The van der Waals surface area contributed by atoms with E-state index in [9.17, 15) is 14.0 Å². The first-order valence-electron chi connectivity index (χ1n) is 12.8. The number of imidazole rings is 1. The van der Waals surface area contributed by atoms with Crippen molar-refractivity contribution in [1.82, 2.24) is 24.4 Å². The molecule has 0 N–H and O–H groups in total. The molecule has 0 saturated carbocycles. The monoisotopic (exact) mass is 516 g/mol. The van der Waals surface area contributed by atoms with Gasteiger partial charge in [-0.2, -0.15) is 5.10 Å². The largest absolute Gasteiger partial charge is 0.334 e. The molecule has 3 aromatic rings. The Balaban J connectivity index is 1.46.